The van der Waals surface area contributed by atoms with E-state index in [1.54, 1.807) is 6.07 Å². The van der Waals surface area contributed by atoms with E-state index in [1.807, 2.05) is 0 Å². The molecule has 0 atom stereocenters. The summed E-state index contributed by atoms with van der Waals surface area (Å²) in [6.45, 7) is 0. The van der Waals surface area contributed by atoms with Crippen LogP contribution in [-0.2, 0) is 4.57 Å². The van der Waals surface area contributed by atoms with Crippen molar-refractivity contribution in [2.75, 3.05) is 5.73 Å². The molecule has 0 bridgehead atoms. The number of pyridine rings is 1. The number of nitrogens with two attached hydrogens (primary N) is 1. The fourth-order valence-electron chi connectivity index (χ4n) is 1.35. The van der Waals surface area contributed by atoms with Crippen LogP contribution in [0.4, 0.5) is 5.82 Å². The third-order valence-corrected chi connectivity index (χ3v) is 4.35. The molecule has 0 unspecified atom stereocenters. The Kier molecular flexibility index (Phi) is 3.66. The fourth-order valence-corrected chi connectivity index (χ4v) is 3.15. The van der Waals surface area contributed by atoms with Gasteiger partial charge in [-0.3, -0.25) is 4.57 Å². The largest absolute Gasteiger partial charge is 0.462 e. The smallest absolute Gasteiger partial charge is 0.360 e. The molecule has 96 valence electrons. The molecule has 2 aromatic rings. The second-order valence-electron chi connectivity index (χ2n) is 3.36. The van der Waals surface area contributed by atoms with Crippen molar-refractivity contribution in [3.8, 4) is 11.5 Å². The Morgan fingerprint density at radius 1 is 1.33 bits per heavy atom. The summed E-state index contributed by atoms with van der Waals surface area (Å²) in [4.78, 5) is 22.4. The standard InChI is InChI=1S/C9H7Br2N2O4P/c10-4-3-5(11)9(12)13-7(4)8-6(1-2-17-8)18(14,15)16/h1-3H,(H2,12,13)(H2,14,15,16). The summed E-state index contributed by atoms with van der Waals surface area (Å²) in [6, 6.07) is 2.84. The van der Waals surface area contributed by atoms with Crippen molar-refractivity contribution in [1.29, 1.82) is 0 Å². The topological polar surface area (TPSA) is 110 Å². The Morgan fingerprint density at radius 2 is 2.00 bits per heavy atom. The predicted molar refractivity (Wildman–Crippen MR) is 73.4 cm³/mol. The molecule has 0 saturated heterocycles. The van der Waals surface area contributed by atoms with Crippen LogP contribution in [0.1, 0.15) is 0 Å². The molecule has 0 aliphatic carbocycles. The van der Waals surface area contributed by atoms with Crippen LogP contribution in [0.3, 0.4) is 0 Å². The van der Waals surface area contributed by atoms with Crippen molar-refractivity contribution < 1.29 is 18.8 Å². The molecule has 0 spiro atoms. The maximum atomic E-state index is 11.3. The molecule has 0 radical (unpaired) electrons. The van der Waals surface area contributed by atoms with Crippen molar-refractivity contribution in [2.45, 2.75) is 0 Å². The molecule has 2 aromatic heterocycles. The summed E-state index contributed by atoms with van der Waals surface area (Å²) in [5.41, 5.74) is 5.88. The zero-order valence-corrected chi connectivity index (χ0v) is 12.7. The highest BCUT2D eigenvalue weighted by Gasteiger charge is 2.27. The van der Waals surface area contributed by atoms with Crippen LogP contribution < -0.4 is 11.0 Å². The summed E-state index contributed by atoms with van der Waals surface area (Å²) in [5, 5.41) is -0.225. The first kappa shape index (κ1) is 13.8. The third-order valence-electron chi connectivity index (χ3n) is 2.13. The lowest BCUT2D eigenvalue weighted by Crippen LogP contribution is -2.06. The lowest BCUT2D eigenvalue weighted by Gasteiger charge is -2.07. The fraction of sp³-hybridized carbons (Fsp3) is 0. The van der Waals surface area contributed by atoms with Crippen molar-refractivity contribution >= 4 is 50.6 Å². The van der Waals surface area contributed by atoms with Gasteiger partial charge >= 0.3 is 7.60 Å². The van der Waals surface area contributed by atoms with Gasteiger partial charge in [0.25, 0.3) is 0 Å². The van der Waals surface area contributed by atoms with Crippen molar-refractivity contribution in [3.63, 3.8) is 0 Å². The number of anilines is 1. The number of hydrogen-bond acceptors (Lipinski definition) is 4. The van der Waals surface area contributed by atoms with Crippen molar-refractivity contribution in [1.82, 2.24) is 4.98 Å². The molecule has 6 nitrogen and oxygen atoms in total. The first-order valence-electron chi connectivity index (χ1n) is 4.56. The van der Waals surface area contributed by atoms with Gasteiger partial charge in [0.15, 0.2) is 5.76 Å². The van der Waals surface area contributed by atoms with Gasteiger partial charge in [0.05, 0.1) is 10.7 Å². The Hall–Kier alpha value is -0.660. The number of furan rings is 1. The lowest BCUT2D eigenvalue weighted by atomic mass is 10.3. The van der Waals surface area contributed by atoms with E-state index in [0.717, 1.165) is 0 Å². The highest BCUT2D eigenvalue weighted by Crippen LogP contribution is 2.40. The second kappa shape index (κ2) is 4.79. The molecule has 2 rings (SSSR count). The van der Waals surface area contributed by atoms with Crippen molar-refractivity contribution in [2.24, 2.45) is 0 Å². The van der Waals surface area contributed by atoms with Gasteiger partial charge in [0.2, 0.25) is 0 Å². The van der Waals surface area contributed by atoms with E-state index < -0.39 is 7.60 Å². The van der Waals surface area contributed by atoms with Gasteiger partial charge in [-0.25, -0.2) is 4.98 Å². The van der Waals surface area contributed by atoms with E-state index in [2.05, 4.69) is 36.8 Å². The summed E-state index contributed by atoms with van der Waals surface area (Å²) >= 11 is 6.44. The summed E-state index contributed by atoms with van der Waals surface area (Å²) in [6.07, 6.45) is 1.19. The average Bonchev–Trinajstić information content (AvgIpc) is 2.71. The molecule has 0 aliphatic rings. The second-order valence-corrected chi connectivity index (χ2v) is 6.64. The maximum absolute atomic E-state index is 11.3. The summed E-state index contributed by atoms with van der Waals surface area (Å²) in [7, 11) is -4.43. The van der Waals surface area contributed by atoms with Gasteiger partial charge in [-0.15, -0.1) is 0 Å². The van der Waals surface area contributed by atoms with Crippen LogP contribution in [0.15, 0.2) is 31.8 Å². The molecule has 0 aliphatic heterocycles. The molecule has 4 N–H and O–H groups in total. The minimum absolute atomic E-state index is 0.00518. The molecule has 0 amide bonds. The van der Waals surface area contributed by atoms with E-state index in [9.17, 15) is 14.4 Å². The first-order valence-corrected chi connectivity index (χ1v) is 7.76. The van der Waals surface area contributed by atoms with Crippen LogP contribution in [0.25, 0.3) is 11.5 Å². The highest BCUT2D eigenvalue weighted by atomic mass is 79.9. The van der Waals surface area contributed by atoms with Gasteiger partial charge < -0.3 is 19.9 Å². The van der Waals surface area contributed by atoms with Gasteiger partial charge in [0, 0.05) is 4.47 Å². The van der Waals surface area contributed by atoms with E-state index in [-0.39, 0.29) is 22.6 Å². The Labute approximate surface area is 119 Å². The Bertz CT molecular complexity index is 652. The van der Waals surface area contributed by atoms with Gasteiger partial charge in [0.1, 0.15) is 16.8 Å². The molecule has 9 heteroatoms. The minimum atomic E-state index is -4.43. The summed E-state index contributed by atoms with van der Waals surface area (Å²) < 4.78 is 17.5. The Morgan fingerprint density at radius 3 is 2.61 bits per heavy atom. The quantitative estimate of drug-likeness (QED) is 0.670. The highest BCUT2D eigenvalue weighted by molar-refractivity contribution is 9.11. The van der Waals surface area contributed by atoms with E-state index in [0.29, 0.717) is 8.95 Å². The van der Waals surface area contributed by atoms with Crippen LogP contribution in [0.2, 0.25) is 0 Å². The number of rotatable bonds is 2. The monoisotopic (exact) mass is 396 g/mol. The number of halogens is 2. The van der Waals surface area contributed by atoms with Gasteiger partial charge in [-0.1, -0.05) is 0 Å². The lowest BCUT2D eigenvalue weighted by molar-refractivity contribution is 0.387. The van der Waals surface area contributed by atoms with E-state index in [4.69, 9.17) is 10.2 Å². The SMILES string of the molecule is Nc1nc(-c2occc2P(=O)(O)O)c(Br)cc1Br. The van der Waals surface area contributed by atoms with Crippen LogP contribution in [0, 0.1) is 0 Å². The predicted octanol–water partition coefficient (Wildman–Crippen LogP) is 2.25. The van der Waals surface area contributed by atoms with Crippen molar-refractivity contribution in [3.05, 3.63) is 27.3 Å². The van der Waals surface area contributed by atoms with Crippen LogP contribution in [0.5, 0.6) is 0 Å². The van der Waals surface area contributed by atoms with E-state index in [1.165, 1.54) is 12.3 Å². The molecule has 18 heavy (non-hydrogen) atoms. The van der Waals surface area contributed by atoms with Crippen LogP contribution >= 0.6 is 39.5 Å². The third kappa shape index (κ3) is 2.53. The van der Waals surface area contributed by atoms with Gasteiger partial charge in [-0.05, 0) is 44.0 Å². The van der Waals surface area contributed by atoms with Gasteiger partial charge in [-0.2, -0.15) is 0 Å². The Balaban J connectivity index is 2.67. The summed E-state index contributed by atoms with van der Waals surface area (Å²) in [5.74, 6) is 0.190. The molecular weight excluding hydrogens is 391 g/mol. The molecular formula is C9H7Br2N2O4P. The van der Waals surface area contributed by atoms with Crippen LogP contribution in [-0.4, -0.2) is 14.8 Å². The zero-order chi connectivity index (χ0) is 13.5. The van der Waals surface area contributed by atoms with E-state index >= 15 is 0 Å². The molecule has 2 heterocycles. The maximum Gasteiger partial charge on any atom is 0.360 e. The normalized spacial score (nSPS) is 11.8. The first-order chi connectivity index (χ1) is 8.30. The molecule has 0 aromatic carbocycles. The molecule has 0 saturated carbocycles. The number of nitrogen functional groups attached to an aromatic ring is 1. The number of aromatic nitrogens is 1. The zero-order valence-electron chi connectivity index (χ0n) is 8.67. The number of nitrogens with zero attached hydrogens (tertiary/aromatic N) is 1. The number of hydrogen-bond donors (Lipinski definition) is 3. The average molecular weight is 398 g/mol. The minimum Gasteiger partial charge on any atom is -0.462 e. The molecule has 0 fully saturated rings.